The summed E-state index contributed by atoms with van der Waals surface area (Å²) in [6.45, 7) is 2.20. The zero-order chi connectivity index (χ0) is 12.1. The highest BCUT2D eigenvalue weighted by Gasteiger charge is 2.04. The van der Waals surface area contributed by atoms with Crippen LogP contribution in [0.4, 0.5) is 0 Å². The number of rotatable bonds is 4. The quantitative estimate of drug-likeness (QED) is 0.802. The Bertz CT molecular complexity index is 525. The summed E-state index contributed by atoms with van der Waals surface area (Å²) in [5, 5.41) is 12.4. The monoisotopic (exact) mass is 229 g/mol. The zero-order valence-electron chi connectivity index (χ0n) is 9.38. The molecule has 2 aromatic rings. The van der Waals surface area contributed by atoms with E-state index >= 15 is 0 Å². The fraction of sp³-hybridized carbons (Fsp3) is 0.250. The molecule has 0 aliphatic rings. The number of nitriles is 1. The minimum atomic E-state index is 0.259. The van der Waals surface area contributed by atoms with Gasteiger partial charge in [-0.2, -0.15) is 10.2 Å². The van der Waals surface area contributed by atoms with Crippen LogP contribution in [-0.2, 0) is 13.0 Å². The Morgan fingerprint density at radius 3 is 2.71 bits per heavy atom. The lowest BCUT2D eigenvalue weighted by atomic mass is 10.2. The van der Waals surface area contributed by atoms with Gasteiger partial charge in [0.1, 0.15) is 5.75 Å². The van der Waals surface area contributed by atoms with Gasteiger partial charge in [-0.15, -0.1) is 0 Å². The van der Waals surface area contributed by atoms with Crippen molar-refractivity contribution in [1.29, 1.82) is 5.26 Å². The van der Waals surface area contributed by atoms with Gasteiger partial charge in [-0.25, -0.2) is 0 Å². The van der Waals surface area contributed by atoms with Crippen molar-refractivity contribution in [2.45, 2.75) is 20.0 Å². The second kappa shape index (κ2) is 5.12. The Kier molecular flexibility index (Phi) is 3.36. The SMILES string of the molecule is CCc1nc(COc2ccc(C#N)cc2)no1. The second-order valence-electron chi connectivity index (χ2n) is 3.38. The van der Waals surface area contributed by atoms with E-state index in [9.17, 15) is 0 Å². The van der Waals surface area contributed by atoms with Crippen molar-refractivity contribution in [2.24, 2.45) is 0 Å². The van der Waals surface area contributed by atoms with Crippen molar-refractivity contribution >= 4 is 0 Å². The van der Waals surface area contributed by atoms with Gasteiger partial charge in [0, 0.05) is 6.42 Å². The standard InChI is InChI=1S/C12H11N3O2/c1-2-12-14-11(15-17-12)8-16-10-5-3-9(7-13)4-6-10/h3-6H,2,8H2,1H3. The molecule has 1 aromatic carbocycles. The van der Waals surface area contributed by atoms with Gasteiger partial charge in [-0.05, 0) is 24.3 Å². The fourth-order valence-corrected chi connectivity index (χ4v) is 1.27. The first-order valence-electron chi connectivity index (χ1n) is 5.26. The molecule has 0 aliphatic carbocycles. The van der Waals surface area contributed by atoms with E-state index in [1.165, 1.54) is 0 Å². The lowest BCUT2D eigenvalue weighted by molar-refractivity contribution is 0.285. The van der Waals surface area contributed by atoms with Crippen LogP contribution in [0.25, 0.3) is 0 Å². The lowest BCUT2D eigenvalue weighted by Gasteiger charge is -2.02. The summed E-state index contributed by atoms with van der Waals surface area (Å²) in [6, 6.07) is 8.91. The Labute approximate surface area is 98.6 Å². The maximum Gasteiger partial charge on any atom is 0.226 e. The summed E-state index contributed by atoms with van der Waals surface area (Å²) in [5.41, 5.74) is 0.602. The summed E-state index contributed by atoms with van der Waals surface area (Å²) in [7, 11) is 0. The van der Waals surface area contributed by atoms with Crippen LogP contribution in [0.15, 0.2) is 28.8 Å². The highest BCUT2D eigenvalue weighted by atomic mass is 16.5. The molecule has 1 aromatic heterocycles. The van der Waals surface area contributed by atoms with E-state index in [4.69, 9.17) is 14.5 Å². The Balaban J connectivity index is 1.95. The minimum absolute atomic E-state index is 0.259. The molecule has 0 atom stereocenters. The topological polar surface area (TPSA) is 71.9 Å². The van der Waals surface area contributed by atoms with Gasteiger partial charge in [-0.3, -0.25) is 0 Å². The number of hydrogen-bond acceptors (Lipinski definition) is 5. The van der Waals surface area contributed by atoms with Crippen molar-refractivity contribution in [3.63, 3.8) is 0 Å². The first-order chi connectivity index (χ1) is 8.31. The van der Waals surface area contributed by atoms with E-state index in [1.807, 2.05) is 13.0 Å². The average molecular weight is 229 g/mol. The number of aryl methyl sites for hydroxylation is 1. The predicted molar refractivity (Wildman–Crippen MR) is 59.2 cm³/mol. The molecule has 0 unspecified atom stereocenters. The molecule has 5 heteroatoms. The lowest BCUT2D eigenvalue weighted by Crippen LogP contribution is -1.97. The third-order valence-corrected chi connectivity index (χ3v) is 2.16. The van der Waals surface area contributed by atoms with Crippen LogP contribution < -0.4 is 4.74 Å². The molecule has 0 saturated carbocycles. The molecule has 5 nitrogen and oxygen atoms in total. The normalized spacial score (nSPS) is 9.88. The fourth-order valence-electron chi connectivity index (χ4n) is 1.27. The number of benzene rings is 1. The van der Waals surface area contributed by atoms with Crippen molar-refractivity contribution in [1.82, 2.24) is 10.1 Å². The first kappa shape index (κ1) is 11.1. The van der Waals surface area contributed by atoms with Crippen molar-refractivity contribution in [3.05, 3.63) is 41.5 Å². The Hall–Kier alpha value is -2.35. The van der Waals surface area contributed by atoms with Crippen molar-refractivity contribution in [3.8, 4) is 11.8 Å². The van der Waals surface area contributed by atoms with Gasteiger partial charge in [0.15, 0.2) is 6.61 Å². The van der Waals surface area contributed by atoms with E-state index in [2.05, 4.69) is 10.1 Å². The molecule has 0 spiro atoms. The van der Waals surface area contributed by atoms with E-state index in [0.29, 0.717) is 29.4 Å². The molecular weight excluding hydrogens is 218 g/mol. The molecule has 2 rings (SSSR count). The maximum absolute atomic E-state index is 8.64. The molecule has 0 radical (unpaired) electrons. The predicted octanol–water partition coefficient (Wildman–Crippen LogP) is 2.08. The molecule has 0 fully saturated rings. The molecular formula is C12H11N3O2. The van der Waals surface area contributed by atoms with E-state index < -0.39 is 0 Å². The summed E-state index contributed by atoms with van der Waals surface area (Å²) in [4.78, 5) is 4.12. The largest absolute Gasteiger partial charge is 0.485 e. The highest BCUT2D eigenvalue weighted by molar-refractivity contribution is 5.34. The Morgan fingerprint density at radius 1 is 1.35 bits per heavy atom. The van der Waals surface area contributed by atoms with Gasteiger partial charge in [0.25, 0.3) is 0 Å². The molecule has 0 N–H and O–H groups in total. The van der Waals surface area contributed by atoms with Gasteiger partial charge < -0.3 is 9.26 Å². The van der Waals surface area contributed by atoms with Gasteiger partial charge in [0.05, 0.1) is 11.6 Å². The molecule has 0 aliphatic heterocycles. The van der Waals surface area contributed by atoms with Crippen LogP contribution in [0.3, 0.4) is 0 Å². The smallest absolute Gasteiger partial charge is 0.226 e. The maximum atomic E-state index is 8.64. The van der Waals surface area contributed by atoms with Crippen LogP contribution in [0.5, 0.6) is 5.75 Å². The number of aromatic nitrogens is 2. The third-order valence-electron chi connectivity index (χ3n) is 2.16. The van der Waals surface area contributed by atoms with E-state index in [0.717, 1.165) is 0 Å². The third kappa shape index (κ3) is 2.82. The van der Waals surface area contributed by atoms with E-state index in [-0.39, 0.29) is 6.61 Å². The van der Waals surface area contributed by atoms with Gasteiger partial charge in [0.2, 0.25) is 11.7 Å². The molecule has 0 amide bonds. The highest BCUT2D eigenvalue weighted by Crippen LogP contribution is 2.13. The van der Waals surface area contributed by atoms with Crippen LogP contribution in [-0.4, -0.2) is 10.1 Å². The first-order valence-corrected chi connectivity index (χ1v) is 5.26. The second-order valence-corrected chi connectivity index (χ2v) is 3.38. The zero-order valence-corrected chi connectivity index (χ0v) is 9.38. The molecule has 86 valence electrons. The van der Waals surface area contributed by atoms with E-state index in [1.54, 1.807) is 24.3 Å². The number of hydrogen-bond donors (Lipinski definition) is 0. The van der Waals surface area contributed by atoms with Gasteiger partial charge >= 0.3 is 0 Å². The summed E-state index contributed by atoms with van der Waals surface area (Å²) >= 11 is 0. The van der Waals surface area contributed by atoms with Crippen LogP contribution >= 0.6 is 0 Å². The number of nitrogens with zero attached hydrogens (tertiary/aromatic N) is 3. The average Bonchev–Trinajstić information content (AvgIpc) is 2.85. The van der Waals surface area contributed by atoms with Gasteiger partial charge in [-0.1, -0.05) is 12.1 Å². The summed E-state index contributed by atoms with van der Waals surface area (Å²) in [6.07, 6.45) is 0.712. The summed E-state index contributed by atoms with van der Waals surface area (Å²) in [5.74, 6) is 1.79. The molecule has 0 bridgehead atoms. The van der Waals surface area contributed by atoms with Crippen LogP contribution in [0.2, 0.25) is 0 Å². The van der Waals surface area contributed by atoms with Crippen molar-refractivity contribution in [2.75, 3.05) is 0 Å². The molecule has 17 heavy (non-hydrogen) atoms. The van der Waals surface area contributed by atoms with Crippen LogP contribution in [0.1, 0.15) is 24.2 Å². The van der Waals surface area contributed by atoms with Crippen LogP contribution in [0, 0.1) is 11.3 Å². The number of ether oxygens (including phenoxy) is 1. The Morgan fingerprint density at radius 2 is 2.12 bits per heavy atom. The molecule has 0 saturated heterocycles. The minimum Gasteiger partial charge on any atom is -0.485 e. The summed E-state index contributed by atoms with van der Waals surface area (Å²) < 4.78 is 10.4. The van der Waals surface area contributed by atoms with Crippen molar-refractivity contribution < 1.29 is 9.26 Å². The molecule has 1 heterocycles.